The van der Waals surface area contributed by atoms with Gasteiger partial charge in [-0.25, -0.2) is 0 Å². The highest BCUT2D eigenvalue weighted by Crippen LogP contribution is 2.29. The zero-order chi connectivity index (χ0) is 10.6. The van der Waals surface area contributed by atoms with Crippen LogP contribution in [0.4, 0.5) is 13.2 Å². The normalized spacial score (nSPS) is 12.0. The van der Waals surface area contributed by atoms with Crippen molar-refractivity contribution >= 4 is 0 Å². The van der Waals surface area contributed by atoms with Crippen LogP contribution in [-0.2, 0) is 12.7 Å². The number of rotatable bonds is 4. The summed E-state index contributed by atoms with van der Waals surface area (Å²) in [5.41, 5.74) is 0.158. The summed E-state index contributed by atoms with van der Waals surface area (Å²) in [5.74, 6) is -1.11. The first-order chi connectivity index (χ1) is 6.54. The quantitative estimate of drug-likeness (QED) is 0.721. The van der Waals surface area contributed by atoms with Gasteiger partial charge in [0, 0.05) is 19.2 Å². The Morgan fingerprint density at radius 2 is 2.21 bits per heavy atom. The van der Waals surface area contributed by atoms with Gasteiger partial charge in [0.2, 0.25) is 5.76 Å². The fourth-order valence-electron chi connectivity index (χ4n) is 0.824. The van der Waals surface area contributed by atoms with Crippen LogP contribution in [0.1, 0.15) is 11.5 Å². The van der Waals surface area contributed by atoms with Crippen LogP contribution in [-0.4, -0.2) is 23.4 Å². The number of aromatic nitrogens is 1. The minimum atomic E-state index is -4.50. The third kappa shape index (κ3) is 3.00. The molecule has 1 aromatic heterocycles. The zero-order valence-electron chi connectivity index (χ0n) is 7.14. The number of aliphatic hydroxyl groups excluding tert-OH is 1. The van der Waals surface area contributed by atoms with Gasteiger partial charge in [0.1, 0.15) is 0 Å². The molecule has 7 heteroatoms. The monoisotopic (exact) mass is 210 g/mol. The average Bonchev–Trinajstić information content (AvgIpc) is 2.52. The van der Waals surface area contributed by atoms with E-state index in [0.717, 1.165) is 6.07 Å². The van der Waals surface area contributed by atoms with Gasteiger partial charge in [-0.3, -0.25) is 0 Å². The summed E-state index contributed by atoms with van der Waals surface area (Å²) >= 11 is 0. The Balaban J connectivity index is 2.51. The van der Waals surface area contributed by atoms with Gasteiger partial charge in [0.05, 0.1) is 12.3 Å². The lowest BCUT2D eigenvalue weighted by atomic mass is 10.3. The zero-order valence-corrected chi connectivity index (χ0v) is 7.14. The first kappa shape index (κ1) is 11.0. The first-order valence-corrected chi connectivity index (χ1v) is 3.88. The molecule has 4 nitrogen and oxygen atoms in total. The van der Waals surface area contributed by atoms with Gasteiger partial charge in [-0.05, 0) is 0 Å². The number of nitrogens with zero attached hydrogens (tertiary/aromatic N) is 1. The summed E-state index contributed by atoms with van der Waals surface area (Å²) in [6.07, 6.45) is -4.50. The topological polar surface area (TPSA) is 58.3 Å². The number of hydrogen-bond acceptors (Lipinski definition) is 4. The van der Waals surface area contributed by atoms with Gasteiger partial charge < -0.3 is 14.9 Å². The van der Waals surface area contributed by atoms with Crippen molar-refractivity contribution in [1.82, 2.24) is 10.5 Å². The standard InChI is InChI=1S/C7H9F3N2O2/c8-7(9,10)6-3-5(12-14-6)4-11-1-2-13/h3,11,13H,1-2,4H2. The van der Waals surface area contributed by atoms with Crippen LogP contribution in [0.5, 0.6) is 0 Å². The van der Waals surface area contributed by atoms with E-state index in [-0.39, 0.29) is 18.8 Å². The maximum atomic E-state index is 12.0. The first-order valence-electron chi connectivity index (χ1n) is 3.88. The van der Waals surface area contributed by atoms with E-state index >= 15 is 0 Å². The number of aliphatic hydroxyl groups is 1. The molecule has 0 atom stereocenters. The van der Waals surface area contributed by atoms with E-state index in [2.05, 4.69) is 15.0 Å². The van der Waals surface area contributed by atoms with E-state index in [1.54, 1.807) is 0 Å². The van der Waals surface area contributed by atoms with Crippen molar-refractivity contribution in [1.29, 1.82) is 0 Å². The molecule has 14 heavy (non-hydrogen) atoms. The molecule has 0 fully saturated rings. The molecule has 1 heterocycles. The van der Waals surface area contributed by atoms with Crippen LogP contribution in [0.2, 0.25) is 0 Å². The van der Waals surface area contributed by atoms with Gasteiger partial charge >= 0.3 is 6.18 Å². The summed E-state index contributed by atoms with van der Waals surface area (Å²) in [6, 6.07) is 0.824. The van der Waals surface area contributed by atoms with Crippen molar-refractivity contribution in [2.45, 2.75) is 12.7 Å². The second-order valence-corrected chi connectivity index (χ2v) is 2.58. The van der Waals surface area contributed by atoms with Gasteiger partial charge in [0.25, 0.3) is 0 Å². The predicted octanol–water partition coefficient (Wildman–Crippen LogP) is 0.775. The molecule has 1 aromatic rings. The Labute approximate surface area is 77.7 Å². The molecule has 0 aromatic carbocycles. The molecule has 2 N–H and O–H groups in total. The fourth-order valence-corrected chi connectivity index (χ4v) is 0.824. The number of nitrogens with one attached hydrogen (secondary N) is 1. The molecule has 0 aliphatic carbocycles. The van der Waals surface area contributed by atoms with Crippen LogP contribution in [0.3, 0.4) is 0 Å². The molecule has 0 amide bonds. The largest absolute Gasteiger partial charge is 0.452 e. The van der Waals surface area contributed by atoms with Crippen molar-refractivity contribution in [3.8, 4) is 0 Å². The lowest BCUT2D eigenvalue weighted by Gasteiger charge is -1.98. The van der Waals surface area contributed by atoms with Crippen molar-refractivity contribution in [3.05, 3.63) is 17.5 Å². The van der Waals surface area contributed by atoms with E-state index in [4.69, 9.17) is 5.11 Å². The van der Waals surface area contributed by atoms with Crippen molar-refractivity contribution < 1.29 is 22.8 Å². The lowest BCUT2D eigenvalue weighted by Crippen LogP contribution is -2.17. The Morgan fingerprint density at radius 3 is 2.71 bits per heavy atom. The third-order valence-corrected chi connectivity index (χ3v) is 1.43. The highest BCUT2D eigenvalue weighted by molar-refractivity contribution is 5.07. The summed E-state index contributed by atoms with van der Waals surface area (Å²) in [4.78, 5) is 0. The van der Waals surface area contributed by atoms with Crippen molar-refractivity contribution in [3.63, 3.8) is 0 Å². The molecule has 0 saturated heterocycles. The Hall–Kier alpha value is -1.08. The van der Waals surface area contributed by atoms with Crippen LogP contribution >= 0.6 is 0 Å². The molecule has 0 aliphatic heterocycles. The fraction of sp³-hybridized carbons (Fsp3) is 0.571. The number of halogens is 3. The summed E-state index contributed by atoms with van der Waals surface area (Å²) in [5, 5.41) is 14.3. The Kier molecular flexibility index (Phi) is 3.48. The molecule has 0 aliphatic rings. The second-order valence-electron chi connectivity index (χ2n) is 2.58. The van der Waals surface area contributed by atoms with Gasteiger partial charge in [-0.2, -0.15) is 13.2 Å². The Morgan fingerprint density at radius 1 is 1.50 bits per heavy atom. The van der Waals surface area contributed by atoms with Gasteiger partial charge in [-0.15, -0.1) is 0 Å². The molecule has 1 rings (SSSR count). The lowest BCUT2D eigenvalue weighted by molar-refractivity contribution is -0.155. The van der Waals surface area contributed by atoms with Crippen molar-refractivity contribution in [2.24, 2.45) is 0 Å². The SMILES string of the molecule is OCCNCc1cc(C(F)(F)F)on1. The van der Waals surface area contributed by atoms with E-state index in [1.807, 2.05) is 0 Å². The molecule has 80 valence electrons. The molecular formula is C7H9F3N2O2. The van der Waals surface area contributed by atoms with E-state index in [9.17, 15) is 13.2 Å². The maximum Gasteiger partial charge on any atom is 0.452 e. The third-order valence-electron chi connectivity index (χ3n) is 1.43. The summed E-state index contributed by atoms with van der Waals surface area (Å²) < 4.78 is 40.1. The average molecular weight is 210 g/mol. The molecule has 0 radical (unpaired) electrons. The van der Waals surface area contributed by atoms with Crippen LogP contribution in [0.15, 0.2) is 10.6 Å². The molecule has 0 spiro atoms. The summed E-state index contributed by atoms with van der Waals surface area (Å²) in [7, 11) is 0. The van der Waals surface area contributed by atoms with E-state index in [0.29, 0.717) is 6.54 Å². The predicted molar refractivity (Wildman–Crippen MR) is 40.3 cm³/mol. The van der Waals surface area contributed by atoms with Crippen LogP contribution < -0.4 is 5.32 Å². The molecular weight excluding hydrogens is 201 g/mol. The number of alkyl halides is 3. The van der Waals surface area contributed by atoms with Crippen LogP contribution in [0, 0.1) is 0 Å². The van der Waals surface area contributed by atoms with Crippen molar-refractivity contribution in [2.75, 3.05) is 13.2 Å². The molecule has 0 unspecified atom stereocenters. The smallest absolute Gasteiger partial charge is 0.395 e. The summed E-state index contributed by atoms with van der Waals surface area (Å²) in [6.45, 7) is 0.359. The highest BCUT2D eigenvalue weighted by atomic mass is 19.4. The van der Waals surface area contributed by atoms with Crippen LogP contribution in [0.25, 0.3) is 0 Å². The minimum Gasteiger partial charge on any atom is -0.395 e. The Bertz CT molecular complexity index is 285. The maximum absolute atomic E-state index is 12.0. The van der Waals surface area contributed by atoms with E-state index in [1.165, 1.54) is 0 Å². The molecule has 0 bridgehead atoms. The number of hydrogen-bond donors (Lipinski definition) is 2. The van der Waals surface area contributed by atoms with Gasteiger partial charge in [-0.1, -0.05) is 5.16 Å². The highest BCUT2D eigenvalue weighted by Gasteiger charge is 2.35. The van der Waals surface area contributed by atoms with E-state index < -0.39 is 11.9 Å². The van der Waals surface area contributed by atoms with Gasteiger partial charge in [0.15, 0.2) is 0 Å². The minimum absolute atomic E-state index is 0.0794. The second kappa shape index (κ2) is 4.43. The molecule has 0 saturated carbocycles.